The van der Waals surface area contributed by atoms with Gasteiger partial charge in [0.1, 0.15) is 12.1 Å². The van der Waals surface area contributed by atoms with Crippen molar-refractivity contribution < 1.29 is 19.1 Å². The SMILES string of the molecule is COC(=O)C1CC(C(=O)OC)N(C)C(=S)N1C. The molecule has 1 fully saturated rings. The third-order valence-corrected chi connectivity index (χ3v) is 3.51. The Hall–Kier alpha value is -1.37. The van der Waals surface area contributed by atoms with Crippen LogP contribution in [0.4, 0.5) is 0 Å². The molecule has 2 unspecified atom stereocenters. The largest absolute Gasteiger partial charge is 0.467 e. The minimum atomic E-state index is -0.548. The Kier molecular flexibility index (Phi) is 4.28. The van der Waals surface area contributed by atoms with Gasteiger partial charge in [-0.15, -0.1) is 0 Å². The number of esters is 2. The number of nitrogens with zero attached hydrogens (tertiary/aromatic N) is 2. The molecule has 0 aromatic rings. The van der Waals surface area contributed by atoms with Gasteiger partial charge in [0.15, 0.2) is 5.11 Å². The second-order valence-electron chi connectivity index (χ2n) is 3.82. The predicted molar refractivity (Wildman–Crippen MR) is 64.3 cm³/mol. The smallest absolute Gasteiger partial charge is 0.328 e. The third kappa shape index (κ3) is 2.49. The van der Waals surface area contributed by atoms with Gasteiger partial charge in [0.25, 0.3) is 0 Å². The molecule has 0 aromatic heterocycles. The lowest BCUT2D eigenvalue weighted by Crippen LogP contribution is -2.60. The van der Waals surface area contributed by atoms with E-state index in [1.54, 1.807) is 23.9 Å². The highest BCUT2D eigenvalue weighted by atomic mass is 32.1. The van der Waals surface area contributed by atoms with Crippen molar-refractivity contribution in [3.63, 3.8) is 0 Å². The van der Waals surface area contributed by atoms with Crippen LogP contribution in [0.1, 0.15) is 6.42 Å². The van der Waals surface area contributed by atoms with Gasteiger partial charge < -0.3 is 19.3 Å². The molecule has 96 valence electrons. The summed E-state index contributed by atoms with van der Waals surface area (Å²) in [7, 11) is 6.03. The minimum absolute atomic E-state index is 0.298. The van der Waals surface area contributed by atoms with Crippen LogP contribution in [-0.4, -0.2) is 67.2 Å². The number of carbonyl (C=O) groups excluding carboxylic acids is 2. The molecule has 1 rings (SSSR count). The summed E-state index contributed by atoms with van der Waals surface area (Å²) in [5.41, 5.74) is 0. The fourth-order valence-electron chi connectivity index (χ4n) is 1.82. The van der Waals surface area contributed by atoms with Crippen molar-refractivity contribution in [2.24, 2.45) is 0 Å². The van der Waals surface area contributed by atoms with Crippen molar-refractivity contribution in [1.29, 1.82) is 0 Å². The Bertz CT molecular complexity index is 317. The molecule has 0 N–H and O–H groups in total. The molecule has 0 spiro atoms. The molecule has 0 aliphatic carbocycles. The van der Waals surface area contributed by atoms with Gasteiger partial charge in [-0.2, -0.15) is 0 Å². The molecule has 17 heavy (non-hydrogen) atoms. The van der Waals surface area contributed by atoms with Crippen LogP contribution in [0.2, 0.25) is 0 Å². The molecule has 2 atom stereocenters. The Morgan fingerprint density at radius 1 is 1.12 bits per heavy atom. The Labute approximate surface area is 105 Å². The van der Waals surface area contributed by atoms with E-state index in [9.17, 15) is 9.59 Å². The van der Waals surface area contributed by atoms with E-state index in [1.165, 1.54) is 14.2 Å². The zero-order valence-electron chi connectivity index (χ0n) is 10.3. The first-order chi connectivity index (χ1) is 7.93. The molecule has 6 nitrogen and oxygen atoms in total. The van der Waals surface area contributed by atoms with E-state index < -0.39 is 24.0 Å². The molecule has 1 aliphatic rings. The molecule has 0 aromatic carbocycles. The molecule has 0 saturated carbocycles. The Morgan fingerprint density at radius 2 is 1.47 bits per heavy atom. The number of likely N-dealkylation sites (N-methyl/N-ethyl adjacent to an activating group) is 2. The highest BCUT2D eigenvalue weighted by Gasteiger charge is 2.41. The molecule has 1 heterocycles. The topological polar surface area (TPSA) is 59.1 Å². The van der Waals surface area contributed by atoms with Gasteiger partial charge in [0.05, 0.1) is 14.2 Å². The zero-order valence-corrected chi connectivity index (χ0v) is 11.1. The van der Waals surface area contributed by atoms with Gasteiger partial charge in [0.2, 0.25) is 0 Å². The highest BCUT2D eigenvalue weighted by Crippen LogP contribution is 2.21. The van der Waals surface area contributed by atoms with Crippen LogP contribution >= 0.6 is 12.2 Å². The summed E-state index contributed by atoms with van der Waals surface area (Å²) in [5, 5.41) is 0.419. The first kappa shape index (κ1) is 13.7. The first-order valence-corrected chi connectivity index (χ1v) is 5.50. The summed E-state index contributed by atoms with van der Waals surface area (Å²) in [5.74, 6) is -0.811. The molecular weight excluding hydrogens is 244 g/mol. The molecule has 0 amide bonds. The zero-order chi connectivity index (χ0) is 13.2. The molecular formula is C10H16N2O4S. The first-order valence-electron chi connectivity index (χ1n) is 5.09. The minimum Gasteiger partial charge on any atom is -0.467 e. The van der Waals surface area contributed by atoms with Crippen LogP contribution in [0.25, 0.3) is 0 Å². The maximum atomic E-state index is 11.6. The summed E-state index contributed by atoms with van der Waals surface area (Å²) >= 11 is 5.18. The van der Waals surface area contributed by atoms with Crippen molar-refractivity contribution in [2.75, 3.05) is 28.3 Å². The van der Waals surface area contributed by atoms with Crippen LogP contribution in [0.5, 0.6) is 0 Å². The second-order valence-corrected chi connectivity index (χ2v) is 4.18. The molecule has 0 radical (unpaired) electrons. The molecule has 7 heteroatoms. The van der Waals surface area contributed by atoms with E-state index in [4.69, 9.17) is 21.7 Å². The number of thiocarbonyl (C=S) groups is 1. The summed E-state index contributed by atoms with van der Waals surface area (Å²) in [4.78, 5) is 26.4. The van der Waals surface area contributed by atoms with E-state index in [1.807, 2.05) is 0 Å². The number of carbonyl (C=O) groups is 2. The van der Waals surface area contributed by atoms with Gasteiger partial charge in [-0.1, -0.05) is 0 Å². The lowest BCUT2D eigenvalue weighted by atomic mass is 10.0. The van der Waals surface area contributed by atoms with Gasteiger partial charge in [0, 0.05) is 20.5 Å². The van der Waals surface area contributed by atoms with Gasteiger partial charge >= 0.3 is 11.9 Å². The summed E-state index contributed by atoms with van der Waals surface area (Å²) in [6.45, 7) is 0. The van der Waals surface area contributed by atoms with Crippen LogP contribution < -0.4 is 0 Å². The lowest BCUT2D eigenvalue weighted by molar-refractivity contribution is -0.151. The van der Waals surface area contributed by atoms with Crippen molar-refractivity contribution in [2.45, 2.75) is 18.5 Å². The number of ether oxygens (including phenoxy) is 2. The standard InChI is InChI=1S/C10H16N2O4S/c1-11-6(8(13)15-3)5-7(9(14)16-4)12(2)10(11)17/h6-7H,5H2,1-4H3. The van der Waals surface area contributed by atoms with Crippen molar-refractivity contribution in [3.8, 4) is 0 Å². The average molecular weight is 260 g/mol. The lowest BCUT2D eigenvalue weighted by Gasteiger charge is -2.42. The van der Waals surface area contributed by atoms with E-state index in [0.717, 1.165) is 0 Å². The van der Waals surface area contributed by atoms with Crippen molar-refractivity contribution in [3.05, 3.63) is 0 Å². The van der Waals surface area contributed by atoms with Crippen LogP contribution in [0.3, 0.4) is 0 Å². The fraction of sp³-hybridized carbons (Fsp3) is 0.700. The number of rotatable bonds is 2. The summed E-state index contributed by atoms with van der Waals surface area (Å²) in [6, 6.07) is -1.10. The maximum Gasteiger partial charge on any atom is 0.328 e. The van der Waals surface area contributed by atoms with E-state index in [-0.39, 0.29) is 0 Å². The Morgan fingerprint density at radius 3 is 1.76 bits per heavy atom. The predicted octanol–water partition coefficient (Wildman–Crippen LogP) is -0.378. The summed E-state index contributed by atoms with van der Waals surface area (Å²) in [6.07, 6.45) is 0.298. The van der Waals surface area contributed by atoms with Crippen LogP contribution in [0.15, 0.2) is 0 Å². The fourth-order valence-corrected chi connectivity index (χ4v) is 2.08. The quantitative estimate of drug-likeness (QED) is 0.495. The van der Waals surface area contributed by atoms with Gasteiger partial charge in [-0.3, -0.25) is 0 Å². The summed E-state index contributed by atoms with van der Waals surface area (Å²) < 4.78 is 9.39. The van der Waals surface area contributed by atoms with Gasteiger partial charge in [-0.25, -0.2) is 9.59 Å². The monoisotopic (exact) mass is 260 g/mol. The molecule has 1 aliphatic heterocycles. The van der Waals surface area contributed by atoms with Crippen molar-refractivity contribution in [1.82, 2.24) is 9.80 Å². The normalized spacial score (nSPS) is 24.6. The van der Waals surface area contributed by atoms with E-state index in [0.29, 0.717) is 11.5 Å². The number of methoxy groups -OCH3 is 2. The average Bonchev–Trinajstić information content (AvgIpc) is 2.34. The van der Waals surface area contributed by atoms with Crippen molar-refractivity contribution >= 4 is 29.3 Å². The molecule has 0 bridgehead atoms. The number of hydrogen-bond acceptors (Lipinski definition) is 5. The maximum absolute atomic E-state index is 11.6. The van der Waals surface area contributed by atoms with Gasteiger partial charge in [-0.05, 0) is 12.2 Å². The van der Waals surface area contributed by atoms with E-state index >= 15 is 0 Å². The van der Waals surface area contributed by atoms with Crippen LogP contribution in [-0.2, 0) is 19.1 Å². The van der Waals surface area contributed by atoms with E-state index in [2.05, 4.69) is 0 Å². The molecule has 1 saturated heterocycles. The Balaban J connectivity index is 2.94. The van der Waals surface area contributed by atoms with Crippen LogP contribution in [0, 0.1) is 0 Å². The highest BCUT2D eigenvalue weighted by molar-refractivity contribution is 7.80. The third-order valence-electron chi connectivity index (χ3n) is 2.93. The second kappa shape index (κ2) is 5.31. The number of hydrogen-bond donors (Lipinski definition) is 0.